The van der Waals surface area contributed by atoms with E-state index in [9.17, 15) is 0 Å². The first kappa shape index (κ1) is 12.4. The summed E-state index contributed by atoms with van der Waals surface area (Å²) in [5.74, 6) is 0. The molecular formula is C14H21N5. The molecule has 5 nitrogen and oxygen atoms in total. The highest BCUT2D eigenvalue weighted by Crippen LogP contribution is 2.29. The highest BCUT2D eigenvalue weighted by atomic mass is 15.3. The Morgan fingerprint density at radius 1 is 1.42 bits per heavy atom. The van der Waals surface area contributed by atoms with Crippen LogP contribution < -0.4 is 5.73 Å². The lowest BCUT2D eigenvalue weighted by molar-refractivity contribution is 0.461. The minimum absolute atomic E-state index is 0.0422. The minimum Gasteiger partial charge on any atom is -0.336 e. The number of nitrogens with zero attached hydrogens (tertiary/aromatic N) is 4. The topological polar surface area (TPSA) is 61.7 Å². The van der Waals surface area contributed by atoms with Crippen LogP contribution in [0.2, 0.25) is 0 Å². The lowest BCUT2D eigenvalue weighted by Crippen LogP contribution is -2.17. The van der Waals surface area contributed by atoms with E-state index in [4.69, 9.17) is 5.73 Å². The molecule has 1 saturated carbocycles. The maximum absolute atomic E-state index is 6.22. The van der Waals surface area contributed by atoms with Gasteiger partial charge in [0.15, 0.2) is 0 Å². The van der Waals surface area contributed by atoms with E-state index in [-0.39, 0.29) is 6.04 Å². The van der Waals surface area contributed by atoms with E-state index in [1.54, 1.807) is 6.33 Å². The molecule has 1 fully saturated rings. The van der Waals surface area contributed by atoms with Gasteiger partial charge in [-0.15, -0.1) is 0 Å². The largest absolute Gasteiger partial charge is 0.336 e. The smallest absolute Gasteiger partial charge is 0.0946 e. The van der Waals surface area contributed by atoms with Crippen molar-refractivity contribution in [1.82, 2.24) is 19.3 Å². The van der Waals surface area contributed by atoms with Gasteiger partial charge in [-0.3, -0.25) is 4.68 Å². The molecule has 1 unspecified atom stereocenters. The summed E-state index contributed by atoms with van der Waals surface area (Å²) in [6.45, 7) is 0. The number of rotatable bonds is 4. The summed E-state index contributed by atoms with van der Waals surface area (Å²) in [5, 5.41) is 4.68. The summed E-state index contributed by atoms with van der Waals surface area (Å²) in [5.41, 5.74) is 8.35. The molecule has 3 rings (SSSR count). The van der Waals surface area contributed by atoms with Crippen LogP contribution in [0.5, 0.6) is 0 Å². The summed E-state index contributed by atoms with van der Waals surface area (Å²) in [7, 11) is 1.97. The fourth-order valence-corrected chi connectivity index (χ4v) is 2.91. The van der Waals surface area contributed by atoms with E-state index >= 15 is 0 Å². The van der Waals surface area contributed by atoms with Crippen molar-refractivity contribution in [2.75, 3.05) is 0 Å². The number of aromatic nitrogens is 4. The lowest BCUT2D eigenvalue weighted by Gasteiger charge is -2.11. The zero-order chi connectivity index (χ0) is 13.2. The van der Waals surface area contributed by atoms with Gasteiger partial charge in [0.1, 0.15) is 0 Å². The third-order valence-corrected chi connectivity index (χ3v) is 4.03. The molecule has 2 heterocycles. The van der Waals surface area contributed by atoms with Crippen molar-refractivity contribution < 1.29 is 0 Å². The van der Waals surface area contributed by atoms with Gasteiger partial charge in [-0.25, -0.2) is 4.98 Å². The zero-order valence-electron chi connectivity index (χ0n) is 11.4. The molecule has 0 radical (unpaired) electrons. The number of hydrogen-bond acceptors (Lipinski definition) is 3. The molecule has 2 N–H and O–H groups in total. The van der Waals surface area contributed by atoms with Gasteiger partial charge in [0.2, 0.25) is 0 Å². The van der Waals surface area contributed by atoms with Crippen molar-refractivity contribution in [3.8, 4) is 0 Å². The van der Waals surface area contributed by atoms with Crippen molar-refractivity contribution in [2.24, 2.45) is 12.8 Å². The van der Waals surface area contributed by atoms with Crippen LogP contribution in [0.4, 0.5) is 0 Å². The molecule has 1 atom stereocenters. The van der Waals surface area contributed by atoms with Gasteiger partial charge in [-0.2, -0.15) is 5.10 Å². The Morgan fingerprint density at radius 2 is 2.21 bits per heavy atom. The Morgan fingerprint density at radius 3 is 2.89 bits per heavy atom. The molecular weight excluding hydrogens is 238 g/mol. The number of nitrogens with two attached hydrogens (primary N) is 1. The van der Waals surface area contributed by atoms with Crippen molar-refractivity contribution in [2.45, 2.75) is 44.2 Å². The Hall–Kier alpha value is -1.62. The van der Waals surface area contributed by atoms with E-state index in [1.807, 2.05) is 17.8 Å². The van der Waals surface area contributed by atoms with E-state index in [2.05, 4.69) is 27.0 Å². The van der Waals surface area contributed by atoms with Crippen molar-refractivity contribution in [3.05, 3.63) is 36.2 Å². The molecule has 0 aromatic carbocycles. The standard InChI is InChI=1S/C14H21N5/c1-18-10-16-9-14(18)13(15)8-11-6-7-19(17-11)12-4-2-3-5-12/h6-7,9-10,12-13H,2-5,8,15H2,1H3. The highest BCUT2D eigenvalue weighted by molar-refractivity contribution is 5.10. The summed E-state index contributed by atoms with van der Waals surface area (Å²) in [4.78, 5) is 4.11. The molecule has 19 heavy (non-hydrogen) atoms. The Balaban J connectivity index is 1.68. The Bertz CT molecular complexity index is 536. The lowest BCUT2D eigenvalue weighted by atomic mass is 10.1. The minimum atomic E-state index is -0.0422. The van der Waals surface area contributed by atoms with Gasteiger partial charge in [0, 0.05) is 25.9 Å². The molecule has 2 aromatic heterocycles. The normalized spacial score (nSPS) is 18.0. The molecule has 0 saturated heterocycles. The van der Waals surface area contributed by atoms with Crippen LogP contribution in [-0.4, -0.2) is 19.3 Å². The second kappa shape index (κ2) is 5.17. The maximum atomic E-state index is 6.22. The third kappa shape index (κ3) is 2.56. The summed E-state index contributed by atoms with van der Waals surface area (Å²) >= 11 is 0. The fourth-order valence-electron chi connectivity index (χ4n) is 2.91. The predicted octanol–water partition coefficient (Wildman–Crippen LogP) is 1.97. The first-order valence-electron chi connectivity index (χ1n) is 7.00. The molecule has 1 aliphatic carbocycles. The number of aryl methyl sites for hydroxylation is 1. The average molecular weight is 259 g/mol. The number of imidazole rings is 1. The monoisotopic (exact) mass is 259 g/mol. The van der Waals surface area contributed by atoms with E-state index in [0.717, 1.165) is 17.8 Å². The van der Waals surface area contributed by atoms with Gasteiger partial charge in [-0.05, 0) is 18.9 Å². The van der Waals surface area contributed by atoms with Gasteiger partial charge < -0.3 is 10.3 Å². The predicted molar refractivity (Wildman–Crippen MR) is 73.6 cm³/mol. The van der Waals surface area contributed by atoms with Crippen molar-refractivity contribution >= 4 is 0 Å². The van der Waals surface area contributed by atoms with Crippen LogP contribution in [0.25, 0.3) is 0 Å². The first-order valence-corrected chi connectivity index (χ1v) is 7.00. The molecule has 0 bridgehead atoms. The average Bonchev–Trinajstić information content (AvgIpc) is 3.07. The van der Waals surface area contributed by atoms with Crippen LogP contribution in [0.1, 0.15) is 49.2 Å². The molecule has 0 aliphatic heterocycles. The quantitative estimate of drug-likeness (QED) is 0.913. The van der Waals surface area contributed by atoms with Crippen molar-refractivity contribution in [3.63, 3.8) is 0 Å². The van der Waals surface area contributed by atoms with Crippen LogP contribution in [0.15, 0.2) is 24.8 Å². The number of hydrogen-bond donors (Lipinski definition) is 1. The van der Waals surface area contributed by atoms with Gasteiger partial charge in [-0.1, -0.05) is 12.8 Å². The summed E-state index contributed by atoms with van der Waals surface area (Å²) in [6, 6.07) is 2.65. The summed E-state index contributed by atoms with van der Waals surface area (Å²) in [6.07, 6.45) is 11.7. The Kier molecular flexibility index (Phi) is 3.38. The van der Waals surface area contributed by atoms with E-state index < -0.39 is 0 Å². The van der Waals surface area contributed by atoms with E-state index in [1.165, 1.54) is 25.7 Å². The van der Waals surface area contributed by atoms with Crippen LogP contribution >= 0.6 is 0 Å². The van der Waals surface area contributed by atoms with Gasteiger partial charge in [0.05, 0.1) is 29.8 Å². The fraction of sp³-hybridized carbons (Fsp3) is 0.571. The maximum Gasteiger partial charge on any atom is 0.0946 e. The van der Waals surface area contributed by atoms with Gasteiger partial charge >= 0.3 is 0 Å². The molecule has 1 aliphatic rings. The molecule has 2 aromatic rings. The molecule has 102 valence electrons. The van der Waals surface area contributed by atoms with Crippen molar-refractivity contribution in [1.29, 1.82) is 0 Å². The van der Waals surface area contributed by atoms with E-state index in [0.29, 0.717) is 6.04 Å². The third-order valence-electron chi connectivity index (χ3n) is 4.03. The molecule has 5 heteroatoms. The second-order valence-corrected chi connectivity index (χ2v) is 5.47. The summed E-state index contributed by atoms with van der Waals surface area (Å²) < 4.78 is 4.09. The second-order valence-electron chi connectivity index (χ2n) is 5.47. The van der Waals surface area contributed by atoms with Crippen LogP contribution in [0.3, 0.4) is 0 Å². The highest BCUT2D eigenvalue weighted by Gasteiger charge is 2.18. The van der Waals surface area contributed by atoms with Crippen LogP contribution in [-0.2, 0) is 13.5 Å². The first-order chi connectivity index (χ1) is 9.24. The SMILES string of the molecule is Cn1cncc1C(N)Cc1ccn(C2CCCC2)n1. The molecule has 0 amide bonds. The van der Waals surface area contributed by atoms with Crippen LogP contribution in [0, 0.1) is 0 Å². The molecule has 0 spiro atoms. The Labute approximate surface area is 113 Å². The van der Waals surface area contributed by atoms with Gasteiger partial charge in [0.25, 0.3) is 0 Å². The zero-order valence-corrected chi connectivity index (χ0v) is 11.4.